The van der Waals surface area contributed by atoms with E-state index in [1.165, 1.54) is 0 Å². The summed E-state index contributed by atoms with van der Waals surface area (Å²) in [6.45, 7) is 12.0. The van der Waals surface area contributed by atoms with Gasteiger partial charge < -0.3 is 10.2 Å². The molecule has 0 bridgehead atoms. The average molecular weight is 289 g/mol. The zero-order valence-corrected chi connectivity index (χ0v) is 16.1. The minimum absolute atomic E-state index is 0. The quantitative estimate of drug-likeness (QED) is 0.780. The van der Waals surface area contributed by atoms with Crippen LogP contribution in [-0.2, 0) is 10.8 Å². The maximum Gasteiger partial charge on any atom is 0.339 e. The number of aromatic carboxylic acids is 1. The molecular weight excluding hydrogens is 267 g/mol. The smallest absolute Gasteiger partial charge is 0.339 e. The molecule has 0 fully saturated rings. The van der Waals surface area contributed by atoms with Crippen LogP contribution in [0.4, 0.5) is 0 Å². The Labute approximate surface area is 157 Å². The number of carboxylic acids is 1. The molecule has 1 aromatic rings. The van der Waals surface area contributed by atoms with Gasteiger partial charge in [0.1, 0.15) is 11.3 Å². The third-order valence-electron chi connectivity index (χ3n) is 3.01. The molecule has 0 saturated carbocycles. The molecule has 1 aromatic carbocycles. The van der Waals surface area contributed by atoms with E-state index < -0.39 is 5.97 Å². The standard InChI is InChI=1S/C15H22O3.K/c1-14(2,3)9-7-10(13(17)18)12(16)11(8-9)15(4,5)6;/h7-8,16H,1-6H3,(H,17,18);. The minimum atomic E-state index is -1.09. The van der Waals surface area contributed by atoms with Crippen molar-refractivity contribution < 1.29 is 15.0 Å². The normalized spacial score (nSPS) is 11.9. The predicted octanol–water partition coefficient (Wildman–Crippen LogP) is 3.30. The first-order valence-corrected chi connectivity index (χ1v) is 6.06. The Morgan fingerprint density at radius 2 is 1.47 bits per heavy atom. The number of hydrogen-bond donors (Lipinski definition) is 2. The SMILES string of the molecule is CC(C)(C)c1cc(C(=O)O)c(O)c(C(C)(C)C)c1.[K]. The Morgan fingerprint density at radius 1 is 1.00 bits per heavy atom. The first-order valence-electron chi connectivity index (χ1n) is 6.06. The molecule has 0 saturated heterocycles. The minimum Gasteiger partial charge on any atom is -0.507 e. The van der Waals surface area contributed by atoms with Gasteiger partial charge in [0.2, 0.25) is 0 Å². The molecule has 0 spiro atoms. The number of carbonyl (C=O) groups is 1. The Morgan fingerprint density at radius 3 is 1.79 bits per heavy atom. The molecule has 0 unspecified atom stereocenters. The van der Waals surface area contributed by atoms with Gasteiger partial charge in [-0.2, -0.15) is 0 Å². The molecule has 19 heavy (non-hydrogen) atoms. The summed E-state index contributed by atoms with van der Waals surface area (Å²) in [6, 6.07) is 3.47. The van der Waals surface area contributed by atoms with Crippen LogP contribution in [0.5, 0.6) is 5.75 Å². The summed E-state index contributed by atoms with van der Waals surface area (Å²) >= 11 is 0. The summed E-state index contributed by atoms with van der Waals surface area (Å²) in [6.07, 6.45) is 0. The van der Waals surface area contributed by atoms with Gasteiger partial charge in [-0.25, -0.2) is 4.79 Å². The second-order valence-electron chi connectivity index (χ2n) is 6.73. The van der Waals surface area contributed by atoms with Crippen molar-refractivity contribution in [2.45, 2.75) is 52.4 Å². The summed E-state index contributed by atoms with van der Waals surface area (Å²) in [5, 5.41) is 19.3. The molecule has 0 aromatic heterocycles. The molecule has 0 amide bonds. The van der Waals surface area contributed by atoms with E-state index in [1.54, 1.807) is 6.07 Å². The number of hydrogen-bond acceptors (Lipinski definition) is 2. The van der Waals surface area contributed by atoms with E-state index in [0.717, 1.165) is 5.56 Å². The van der Waals surface area contributed by atoms with Crippen molar-refractivity contribution in [3.05, 3.63) is 28.8 Å². The summed E-state index contributed by atoms with van der Waals surface area (Å²) in [5.74, 6) is -1.22. The second kappa shape index (κ2) is 6.27. The van der Waals surface area contributed by atoms with Crippen molar-refractivity contribution in [2.24, 2.45) is 0 Å². The van der Waals surface area contributed by atoms with Crippen LogP contribution in [0.25, 0.3) is 0 Å². The van der Waals surface area contributed by atoms with Gasteiger partial charge in [-0.3, -0.25) is 0 Å². The van der Waals surface area contributed by atoms with Gasteiger partial charge in [0, 0.05) is 56.9 Å². The summed E-state index contributed by atoms with van der Waals surface area (Å²) < 4.78 is 0. The van der Waals surface area contributed by atoms with Crippen LogP contribution in [0.1, 0.15) is 63.0 Å². The van der Waals surface area contributed by atoms with Crippen LogP contribution in [0.2, 0.25) is 0 Å². The Balaban J connectivity index is 0.00000324. The first kappa shape index (κ1) is 19.1. The van der Waals surface area contributed by atoms with E-state index in [2.05, 4.69) is 0 Å². The van der Waals surface area contributed by atoms with Crippen molar-refractivity contribution in [3.63, 3.8) is 0 Å². The van der Waals surface area contributed by atoms with Crippen molar-refractivity contribution in [3.8, 4) is 5.75 Å². The van der Waals surface area contributed by atoms with Crippen LogP contribution in [0.3, 0.4) is 0 Å². The van der Waals surface area contributed by atoms with Gasteiger partial charge in [0.15, 0.2) is 0 Å². The molecule has 0 aliphatic rings. The molecule has 0 atom stereocenters. The van der Waals surface area contributed by atoms with E-state index in [0.29, 0.717) is 5.56 Å². The van der Waals surface area contributed by atoms with Crippen LogP contribution >= 0.6 is 0 Å². The summed E-state index contributed by atoms with van der Waals surface area (Å²) in [4.78, 5) is 11.2. The van der Waals surface area contributed by atoms with Gasteiger partial charge in [0.25, 0.3) is 0 Å². The fourth-order valence-corrected chi connectivity index (χ4v) is 1.80. The molecule has 0 aliphatic carbocycles. The van der Waals surface area contributed by atoms with Crippen molar-refractivity contribution in [2.75, 3.05) is 0 Å². The van der Waals surface area contributed by atoms with Crippen LogP contribution in [0.15, 0.2) is 12.1 Å². The maximum atomic E-state index is 11.2. The number of carboxylic acid groups (broad SMARTS) is 1. The largest absolute Gasteiger partial charge is 0.507 e. The zero-order valence-electron chi connectivity index (χ0n) is 13.0. The molecule has 3 nitrogen and oxygen atoms in total. The third kappa shape index (κ3) is 4.57. The van der Waals surface area contributed by atoms with Crippen LogP contribution in [0, 0.1) is 0 Å². The molecule has 2 N–H and O–H groups in total. The van der Waals surface area contributed by atoms with Crippen molar-refractivity contribution >= 4 is 57.4 Å². The molecule has 1 radical (unpaired) electrons. The monoisotopic (exact) mass is 289 g/mol. The van der Waals surface area contributed by atoms with Crippen molar-refractivity contribution in [1.82, 2.24) is 0 Å². The van der Waals surface area contributed by atoms with Gasteiger partial charge in [-0.05, 0) is 22.5 Å². The van der Waals surface area contributed by atoms with Crippen LogP contribution < -0.4 is 0 Å². The number of phenols is 1. The molecule has 0 heterocycles. The second-order valence-corrected chi connectivity index (χ2v) is 6.73. The van der Waals surface area contributed by atoms with E-state index in [9.17, 15) is 15.0 Å². The third-order valence-corrected chi connectivity index (χ3v) is 3.01. The van der Waals surface area contributed by atoms with E-state index in [1.807, 2.05) is 47.6 Å². The van der Waals surface area contributed by atoms with E-state index in [-0.39, 0.29) is 73.5 Å². The number of benzene rings is 1. The summed E-state index contributed by atoms with van der Waals surface area (Å²) in [7, 11) is 0. The van der Waals surface area contributed by atoms with Gasteiger partial charge >= 0.3 is 5.97 Å². The van der Waals surface area contributed by atoms with Gasteiger partial charge in [0.05, 0.1) is 0 Å². The Bertz CT molecular complexity index is 479. The number of aromatic hydroxyl groups is 1. The topological polar surface area (TPSA) is 57.5 Å². The predicted molar refractivity (Wildman–Crippen MR) is 78.2 cm³/mol. The van der Waals surface area contributed by atoms with E-state index in [4.69, 9.17) is 0 Å². The molecule has 1 rings (SSSR count). The molecular formula is C15H22KO3. The fraction of sp³-hybridized carbons (Fsp3) is 0.533. The van der Waals surface area contributed by atoms with Crippen molar-refractivity contribution in [1.29, 1.82) is 0 Å². The average Bonchev–Trinajstić information content (AvgIpc) is 2.13. The van der Waals surface area contributed by atoms with Crippen LogP contribution in [-0.4, -0.2) is 67.6 Å². The fourth-order valence-electron chi connectivity index (χ4n) is 1.80. The molecule has 4 heteroatoms. The molecule has 0 aliphatic heterocycles. The van der Waals surface area contributed by atoms with E-state index >= 15 is 0 Å². The number of rotatable bonds is 1. The Kier molecular flexibility index (Phi) is 6.31. The van der Waals surface area contributed by atoms with Gasteiger partial charge in [-0.15, -0.1) is 0 Å². The Hall–Kier alpha value is 0.126. The molecule has 101 valence electrons. The summed E-state index contributed by atoms with van der Waals surface area (Å²) in [5.41, 5.74) is 1.12. The van der Waals surface area contributed by atoms with Gasteiger partial charge in [-0.1, -0.05) is 47.6 Å². The maximum absolute atomic E-state index is 11.2. The first-order chi connectivity index (χ1) is 7.94. The zero-order chi connectivity index (χ0) is 14.3.